The van der Waals surface area contributed by atoms with Gasteiger partial charge in [-0.1, -0.05) is 58.4 Å². The number of hydrogen-bond donors (Lipinski definition) is 1. The van der Waals surface area contributed by atoms with Crippen LogP contribution in [0.15, 0.2) is 12.2 Å². The molecule has 1 N–H and O–H groups in total. The molecule has 45 heavy (non-hydrogen) atoms. The molecule has 0 aromatic rings. The van der Waals surface area contributed by atoms with Crippen molar-refractivity contribution in [3.8, 4) is 0 Å². The highest BCUT2D eigenvalue weighted by molar-refractivity contribution is 5.93. The Kier molecular flexibility index (Phi) is 13.7. The third-order valence-corrected chi connectivity index (χ3v) is 7.70. The van der Waals surface area contributed by atoms with E-state index in [0.29, 0.717) is 19.6 Å². The first-order chi connectivity index (χ1) is 20.6. The number of hydrogen-bond acceptors (Lipinski definition) is 10. The van der Waals surface area contributed by atoms with Gasteiger partial charge < -0.3 is 33.5 Å². The molecule has 2 saturated heterocycles. The molecule has 2 aliphatic rings. The molecule has 0 radical (unpaired) electrons. The van der Waals surface area contributed by atoms with Crippen molar-refractivity contribution in [3.63, 3.8) is 0 Å². The summed E-state index contributed by atoms with van der Waals surface area (Å²) in [6.07, 6.45) is 6.51. The second-order valence-corrected chi connectivity index (χ2v) is 15.5. The molecule has 0 aliphatic carbocycles. The predicted molar refractivity (Wildman–Crippen MR) is 170 cm³/mol. The molecule has 0 saturated carbocycles. The zero-order chi connectivity index (χ0) is 34.3. The van der Waals surface area contributed by atoms with Gasteiger partial charge in [-0.2, -0.15) is 0 Å². The summed E-state index contributed by atoms with van der Waals surface area (Å²) >= 11 is 0. The molecule has 2 fully saturated rings. The second kappa shape index (κ2) is 15.7. The zero-order valence-corrected chi connectivity index (χ0v) is 29.5. The Morgan fingerprint density at radius 3 is 1.84 bits per heavy atom. The van der Waals surface area contributed by atoms with Crippen LogP contribution in [0.25, 0.3) is 0 Å². The summed E-state index contributed by atoms with van der Waals surface area (Å²) in [5, 5.41) is 12.2. The lowest BCUT2D eigenvalue weighted by molar-refractivity contribution is -0.234. The van der Waals surface area contributed by atoms with Crippen LogP contribution in [-0.4, -0.2) is 70.7 Å². The maximum Gasteiger partial charge on any atom is 0.340 e. The van der Waals surface area contributed by atoms with Gasteiger partial charge in [0.05, 0.1) is 19.6 Å². The molecule has 4 atom stereocenters. The molecule has 0 bridgehead atoms. The van der Waals surface area contributed by atoms with Crippen LogP contribution in [0.3, 0.4) is 0 Å². The van der Waals surface area contributed by atoms with Gasteiger partial charge in [-0.05, 0) is 74.3 Å². The first kappa shape index (κ1) is 39.2. The van der Waals surface area contributed by atoms with Crippen molar-refractivity contribution in [2.75, 3.05) is 13.2 Å². The average Bonchev–Trinajstić information content (AvgIpc) is 3.50. The highest BCUT2D eigenvalue weighted by atomic mass is 16.7. The van der Waals surface area contributed by atoms with E-state index in [-0.39, 0.29) is 12.0 Å². The Morgan fingerprint density at radius 1 is 0.822 bits per heavy atom. The minimum atomic E-state index is -2.25. The van der Waals surface area contributed by atoms with Crippen LogP contribution in [0.1, 0.15) is 133 Å². The van der Waals surface area contributed by atoms with Gasteiger partial charge in [0.15, 0.2) is 17.7 Å². The summed E-state index contributed by atoms with van der Waals surface area (Å²) in [6, 6.07) is 0. The monoisotopic (exact) mass is 640 g/mol. The normalized spacial score (nSPS) is 25.2. The molecule has 10 heteroatoms. The van der Waals surface area contributed by atoms with E-state index in [1.54, 1.807) is 62.3 Å². The van der Waals surface area contributed by atoms with Gasteiger partial charge in [-0.3, -0.25) is 9.59 Å². The van der Waals surface area contributed by atoms with Crippen molar-refractivity contribution in [2.45, 2.75) is 168 Å². The van der Waals surface area contributed by atoms with Gasteiger partial charge >= 0.3 is 17.9 Å². The van der Waals surface area contributed by atoms with Crippen molar-refractivity contribution in [3.05, 3.63) is 12.2 Å². The fraction of sp³-hybridized carbons (Fsp3) is 0.857. The number of unbranched alkanes of at least 4 members (excludes halogenated alkanes) is 6. The summed E-state index contributed by atoms with van der Waals surface area (Å²) in [5.41, 5.74) is -4.85. The maximum atomic E-state index is 14.1. The SMILES string of the molecule is C=C(C(CCCCCCCCC)C1OCCO1)C1(O)C[C@H](C(=O)OC(C)(C)C)[C@@](CC(=O)OC(C)(C)C)(C(=O)OC(C)(C)C)O1. The van der Waals surface area contributed by atoms with Gasteiger partial charge in [0.1, 0.15) is 22.7 Å². The van der Waals surface area contributed by atoms with Gasteiger partial charge in [0.25, 0.3) is 0 Å². The lowest BCUT2D eigenvalue weighted by Gasteiger charge is -2.37. The summed E-state index contributed by atoms with van der Waals surface area (Å²) in [5.74, 6) is -6.69. The van der Waals surface area contributed by atoms with Gasteiger partial charge in [-0.25, -0.2) is 4.79 Å². The number of rotatable bonds is 15. The molecule has 0 aromatic carbocycles. The quantitative estimate of drug-likeness (QED) is 0.0911. The molecule has 0 aromatic heterocycles. The lowest BCUT2D eigenvalue weighted by atomic mass is 9.80. The molecule has 2 heterocycles. The van der Waals surface area contributed by atoms with E-state index in [0.717, 1.165) is 25.7 Å². The Balaban J connectivity index is 2.52. The fourth-order valence-electron chi connectivity index (χ4n) is 5.77. The average molecular weight is 641 g/mol. The summed E-state index contributed by atoms with van der Waals surface area (Å²) < 4.78 is 35.1. The van der Waals surface area contributed by atoms with E-state index < -0.39 is 70.6 Å². The number of carbonyl (C=O) groups excluding carboxylic acids is 3. The number of ether oxygens (including phenoxy) is 6. The summed E-state index contributed by atoms with van der Waals surface area (Å²) in [4.78, 5) is 41.2. The third-order valence-electron chi connectivity index (χ3n) is 7.70. The largest absolute Gasteiger partial charge is 0.460 e. The van der Waals surface area contributed by atoms with E-state index in [4.69, 9.17) is 28.4 Å². The van der Waals surface area contributed by atoms with Crippen LogP contribution < -0.4 is 0 Å². The van der Waals surface area contributed by atoms with Crippen LogP contribution in [0, 0.1) is 11.8 Å². The Morgan fingerprint density at radius 2 is 1.33 bits per heavy atom. The highest BCUT2D eigenvalue weighted by Gasteiger charge is 2.67. The summed E-state index contributed by atoms with van der Waals surface area (Å²) in [6.45, 7) is 22.4. The van der Waals surface area contributed by atoms with Gasteiger partial charge in [0, 0.05) is 12.3 Å². The van der Waals surface area contributed by atoms with Crippen molar-refractivity contribution in [2.24, 2.45) is 11.8 Å². The first-order valence-corrected chi connectivity index (χ1v) is 16.7. The van der Waals surface area contributed by atoms with E-state index in [9.17, 15) is 19.5 Å². The predicted octanol–water partition coefficient (Wildman–Crippen LogP) is 6.55. The van der Waals surface area contributed by atoms with E-state index in [1.165, 1.54) is 19.3 Å². The van der Waals surface area contributed by atoms with Crippen LogP contribution >= 0.6 is 0 Å². The van der Waals surface area contributed by atoms with Crippen LogP contribution in [0.5, 0.6) is 0 Å². The second-order valence-electron chi connectivity index (χ2n) is 15.5. The number of carbonyl (C=O) groups is 3. The topological polar surface area (TPSA) is 127 Å². The Hall–Kier alpha value is -2.01. The van der Waals surface area contributed by atoms with Gasteiger partial charge in [-0.15, -0.1) is 0 Å². The van der Waals surface area contributed by atoms with E-state index >= 15 is 0 Å². The fourth-order valence-corrected chi connectivity index (χ4v) is 5.77. The van der Waals surface area contributed by atoms with E-state index in [1.807, 2.05) is 0 Å². The van der Waals surface area contributed by atoms with Crippen molar-refractivity contribution in [1.29, 1.82) is 0 Å². The van der Waals surface area contributed by atoms with Crippen molar-refractivity contribution in [1.82, 2.24) is 0 Å². The lowest BCUT2D eigenvalue weighted by Crippen LogP contribution is -2.54. The van der Waals surface area contributed by atoms with Crippen molar-refractivity contribution < 1.29 is 47.9 Å². The van der Waals surface area contributed by atoms with Crippen molar-refractivity contribution >= 4 is 17.9 Å². The Bertz CT molecular complexity index is 1010. The maximum absolute atomic E-state index is 14.1. The molecule has 10 nitrogen and oxygen atoms in total. The standard InChI is InChI=1S/C35H60O10/c1-12-13-14-15-16-17-18-19-25(29-40-20-21-41-29)24(2)35(39)22-26(28(37)43-32(6,7)8)34(45-35,30(38)44-33(9,10)11)23-27(36)42-31(3,4)5/h25-26,29,39H,2,12-23H2,1,3-11H3/t25?,26-,34+,35?/m1/s1. The molecular weight excluding hydrogens is 580 g/mol. The van der Waals surface area contributed by atoms with E-state index in [2.05, 4.69) is 13.5 Å². The number of aliphatic hydroxyl groups is 1. The third kappa shape index (κ3) is 11.9. The first-order valence-electron chi connectivity index (χ1n) is 16.7. The van der Waals surface area contributed by atoms with Crippen LogP contribution in [0.2, 0.25) is 0 Å². The van der Waals surface area contributed by atoms with Gasteiger partial charge in [0.2, 0.25) is 0 Å². The highest BCUT2D eigenvalue weighted by Crippen LogP contribution is 2.51. The molecule has 2 rings (SSSR count). The smallest absolute Gasteiger partial charge is 0.340 e. The summed E-state index contributed by atoms with van der Waals surface area (Å²) in [7, 11) is 0. The zero-order valence-electron chi connectivity index (χ0n) is 29.5. The minimum Gasteiger partial charge on any atom is -0.460 e. The van der Waals surface area contributed by atoms with Crippen LogP contribution in [0.4, 0.5) is 0 Å². The Labute approximate surface area is 270 Å². The molecule has 0 spiro atoms. The number of esters is 3. The molecule has 2 unspecified atom stereocenters. The van der Waals surface area contributed by atoms with Crippen LogP contribution in [-0.2, 0) is 42.8 Å². The molecule has 260 valence electrons. The molecule has 2 aliphatic heterocycles. The molecular formula is C35H60O10. The minimum absolute atomic E-state index is 0.212. The molecule has 0 amide bonds.